The quantitative estimate of drug-likeness (QED) is 0.612. The summed E-state index contributed by atoms with van der Waals surface area (Å²) in [4.78, 5) is 0. The van der Waals surface area contributed by atoms with Gasteiger partial charge in [0.2, 0.25) is 0 Å². The number of nitrogens with one attached hydrogen (secondary N) is 1. The van der Waals surface area contributed by atoms with E-state index in [-0.39, 0.29) is 0 Å². The highest BCUT2D eigenvalue weighted by atomic mass is 79.9. The Morgan fingerprint density at radius 2 is 2.31 bits per heavy atom. The summed E-state index contributed by atoms with van der Waals surface area (Å²) in [5.74, 6) is 0. The molecule has 1 N–H and O–H groups in total. The van der Waals surface area contributed by atoms with Crippen LogP contribution in [-0.2, 0) is 11.3 Å². The van der Waals surface area contributed by atoms with E-state index in [2.05, 4.69) is 27.8 Å². The zero-order valence-corrected chi connectivity index (χ0v) is 11.4. The molecular weight excluding hydrogens is 289 g/mol. The minimum atomic E-state index is 0.702. The van der Waals surface area contributed by atoms with E-state index in [1.54, 1.807) is 0 Å². The van der Waals surface area contributed by atoms with Crippen molar-refractivity contribution in [2.75, 3.05) is 13.2 Å². The zero-order chi connectivity index (χ0) is 11.8. The molecule has 0 spiro atoms. The molecular formula is C12H15BrClNO. The van der Waals surface area contributed by atoms with Gasteiger partial charge in [0.05, 0.1) is 12.9 Å². The van der Waals surface area contributed by atoms with Gasteiger partial charge in [0, 0.05) is 16.0 Å². The van der Waals surface area contributed by atoms with Crippen LogP contribution in [0.3, 0.4) is 0 Å². The lowest BCUT2D eigenvalue weighted by Gasteiger charge is -2.07. The standard InChI is InChI=1S/C12H15BrClNO/c1-2-16-7-3-6-15-9-10-8-11(14)4-5-12(10)13/h2,4-5,8,15H,1,3,6-7,9H2. The summed E-state index contributed by atoms with van der Waals surface area (Å²) < 4.78 is 6.10. The Hall–Kier alpha value is -0.510. The van der Waals surface area contributed by atoms with Gasteiger partial charge >= 0.3 is 0 Å². The Kier molecular flexibility index (Phi) is 6.53. The lowest BCUT2D eigenvalue weighted by Crippen LogP contribution is -2.16. The van der Waals surface area contributed by atoms with Crippen LogP contribution in [-0.4, -0.2) is 13.2 Å². The first-order chi connectivity index (χ1) is 7.74. The van der Waals surface area contributed by atoms with E-state index >= 15 is 0 Å². The van der Waals surface area contributed by atoms with Crippen molar-refractivity contribution in [3.05, 3.63) is 46.1 Å². The number of hydrogen-bond acceptors (Lipinski definition) is 2. The monoisotopic (exact) mass is 303 g/mol. The van der Waals surface area contributed by atoms with Crippen molar-refractivity contribution < 1.29 is 4.74 Å². The highest BCUT2D eigenvalue weighted by Gasteiger charge is 2.00. The zero-order valence-electron chi connectivity index (χ0n) is 9.01. The number of ether oxygens (including phenoxy) is 1. The van der Waals surface area contributed by atoms with Gasteiger partial charge in [-0.05, 0) is 36.7 Å². The molecule has 0 atom stereocenters. The molecule has 0 aromatic heterocycles. The van der Waals surface area contributed by atoms with E-state index in [1.807, 2.05) is 18.2 Å². The highest BCUT2D eigenvalue weighted by Crippen LogP contribution is 2.20. The average Bonchev–Trinajstić information content (AvgIpc) is 2.28. The van der Waals surface area contributed by atoms with Crippen LogP contribution in [0.2, 0.25) is 5.02 Å². The third-order valence-corrected chi connectivity index (χ3v) is 3.07. The molecule has 1 aromatic carbocycles. The molecule has 4 heteroatoms. The van der Waals surface area contributed by atoms with Crippen molar-refractivity contribution in [3.63, 3.8) is 0 Å². The van der Waals surface area contributed by atoms with Crippen LogP contribution in [0.4, 0.5) is 0 Å². The molecule has 0 aliphatic carbocycles. The van der Waals surface area contributed by atoms with Crippen LogP contribution in [0.5, 0.6) is 0 Å². The molecule has 16 heavy (non-hydrogen) atoms. The molecule has 0 aliphatic rings. The normalized spacial score (nSPS) is 10.1. The molecule has 0 amide bonds. The van der Waals surface area contributed by atoms with E-state index in [1.165, 1.54) is 6.26 Å². The Labute approximate surface area is 110 Å². The summed E-state index contributed by atoms with van der Waals surface area (Å²) in [5, 5.41) is 4.08. The molecule has 0 unspecified atom stereocenters. The van der Waals surface area contributed by atoms with Crippen LogP contribution in [0.15, 0.2) is 35.5 Å². The van der Waals surface area contributed by atoms with Crippen molar-refractivity contribution in [2.24, 2.45) is 0 Å². The van der Waals surface area contributed by atoms with Crippen molar-refractivity contribution in [1.82, 2.24) is 5.32 Å². The summed E-state index contributed by atoms with van der Waals surface area (Å²) in [6.07, 6.45) is 2.43. The van der Waals surface area contributed by atoms with Gasteiger partial charge in [-0.1, -0.05) is 34.1 Å². The number of benzene rings is 1. The first kappa shape index (κ1) is 13.6. The van der Waals surface area contributed by atoms with Crippen molar-refractivity contribution in [3.8, 4) is 0 Å². The summed E-state index contributed by atoms with van der Waals surface area (Å²) in [6, 6.07) is 5.78. The van der Waals surface area contributed by atoms with Gasteiger partial charge in [-0.25, -0.2) is 0 Å². The van der Waals surface area contributed by atoms with Gasteiger partial charge in [-0.3, -0.25) is 0 Å². The van der Waals surface area contributed by atoms with Gasteiger partial charge in [-0.2, -0.15) is 0 Å². The fraction of sp³-hybridized carbons (Fsp3) is 0.333. The lowest BCUT2D eigenvalue weighted by atomic mass is 10.2. The van der Waals surface area contributed by atoms with Gasteiger partial charge in [0.15, 0.2) is 0 Å². The predicted molar refractivity (Wildman–Crippen MR) is 71.6 cm³/mol. The van der Waals surface area contributed by atoms with Crippen molar-refractivity contribution in [2.45, 2.75) is 13.0 Å². The van der Waals surface area contributed by atoms with Gasteiger partial charge in [0.25, 0.3) is 0 Å². The highest BCUT2D eigenvalue weighted by molar-refractivity contribution is 9.10. The molecule has 0 saturated heterocycles. The second-order valence-electron chi connectivity index (χ2n) is 3.30. The Morgan fingerprint density at radius 3 is 3.06 bits per heavy atom. The maximum Gasteiger partial charge on any atom is 0.0885 e. The maximum atomic E-state index is 5.92. The summed E-state index contributed by atoms with van der Waals surface area (Å²) in [5.41, 5.74) is 1.16. The minimum absolute atomic E-state index is 0.702. The van der Waals surface area contributed by atoms with Gasteiger partial charge in [0.1, 0.15) is 0 Å². The van der Waals surface area contributed by atoms with E-state index < -0.39 is 0 Å². The minimum Gasteiger partial charge on any atom is -0.502 e. The molecule has 2 nitrogen and oxygen atoms in total. The van der Waals surface area contributed by atoms with Gasteiger partial charge < -0.3 is 10.1 Å². The molecule has 1 aromatic rings. The largest absolute Gasteiger partial charge is 0.502 e. The van der Waals surface area contributed by atoms with E-state index in [4.69, 9.17) is 16.3 Å². The first-order valence-electron chi connectivity index (χ1n) is 5.11. The van der Waals surface area contributed by atoms with Crippen LogP contribution in [0, 0.1) is 0 Å². The summed E-state index contributed by atoms with van der Waals surface area (Å²) in [6.45, 7) is 5.90. The van der Waals surface area contributed by atoms with Crippen molar-refractivity contribution in [1.29, 1.82) is 0 Å². The van der Waals surface area contributed by atoms with Crippen LogP contribution in [0.25, 0.3) is 0 Å². The Bertz CT molecular complexity index is 344. The lowest BCUT2D eigenvalue weighted by molar-refractivity contribution is 0.244. The van der Waals surface area contributed by atoms with Crippen molar-refractivity contribution >= 4 is 27.5 Å². The Balaban J connectivity index is 2.26. The maximum absolute atomic E-state index is 5.92. The molecule has 0 saturated carbocycles. The molecule has 0 heterocycles. The van der Waals surface area contributed by atoms with Crippen LogP contribution < -0.4 is 5.32 Å². The average molecular weight is 305 g/mol. The summed E-state index contributed by atoms with van der Waals surface area (Å²) >= 11 is 9.41. The first-order valence-corrected chi connectivity index (χ1v) is 6.28. The second kappa shape index (κ2) is 7.71. The molecule has 0 aliphatic heterocycles. The molecule has 0 bridgehead atoms. The predicted octanol–water partition coefficient (Wildman–Crippen LogP) is 3.74. The van der Waals surface area contributed by atoms with Crippen LogP contribution in [0.1, 0.15) is 12.0 Å². The van der Waals surface area contributed by atoms with E-state index in [0.29, 0.717) is 6.61 Å². The molecule has 0 radical (unpaired) electrons. The SMILES string of the molecule is C=COCCCNCc1cc(Cl)ccc1Br. The third kappa shape index (κ3) is 5.01. The van der Waals surface area contributed by atoms with Crippen LogP contribution >= 0.6 is 27.5 Å². The summed E-state index contributed by atoms with van der Waals surface area (Å²) in [7, 11) is 0. The smallest absolute Gasteiger partial charge is 0.0885 e. The Morgan fingerprint density at radius 1 is 1.50 bits per heavy atom. The van der Waals surface area contributed by atoms with Gasteiger partial charge in [-0.15, -0.1) is 0 Å². The van der Waals surface area contributed by atoms with E-state index in [9.17, 15) is 0 Å². The fourth-order valence-corrected chi connectivity index (χ4v) is 1.85. The van der Waals surface area contributed by atoms with E-state index in [0.717, 1.165) is 34.6 Å². The number of hydrogen-bond donors (Lipinski definition) is 1. The molecule has 88 valence electrons. The fourth-order valence-electron chi connectivity index (χ4n) is 1.27. The second-order valence-corrected chi connectivity index (χ2v) is 4.59. The molecule has 0 fully saturated rings. The number of halogens is 2. The topological polar surface area (TPSA) is 21.3 Å². The third-order valence-electron chi connectivity index (χ3n) is 2.06. The molecule has 1 rings (SSSR count). The number of rotatable bonds is 7.